The Morgan fingerprint density at radius 2 is 1.93 bits per heavy atom. The SMILES string of the molecule is Cc1c(-c2ncco2)sc2c1c(=O)n(C(C)(C)C(=O)O)c(=O)n2C[C@@H](OC1CCC(C)(O)CC1)c1ccccc1. The van der Waals surface area contributed by atoms with Gasteiger partial charge in [0.25, 0.3) is 5.56 Å². The smallest absolute Gasteiger partial charge is 0.333 e. The highest BCUT2D eigenvalue weighted by molar-refractivity contribution is 7.22. The molecule has 1 saturated carbocycles. The number of hydrogen-bond donors (Lipinski definition) is 2. The van der Waals surface area contributed by atoms with E-state index in [0.717, 1.165) is 10.1 Å². The Kier molecular flexibility index (Phi) is 7.32. The number of hydrogen-bond acceptors (Lipinski definition) is 8. The third-order valence-corrected chi connectivity index (χ3v) is 9.11. The zero-order valence-corrected chi connectivity index (χ0v) is 23.7. The average Bonchev–Trinajstić information content (AvgIpc) is 3.55. The van der Waals surface area contributed by atoms with Crippen LogP contribution in [0.25, 0.3) is 21.0 Å². The van der Waals surface area contributed by atoms with Gasteiger partial charge in [-0.1, -0.05) is 30.3 Å². The third-order valence-electron chi connectivity index (χ3n) is 7.81. The van der Waals surface area contributed by atoms with E-state index in [9.17, 15) is 24.6 Å². The van der Waals surface area contributed by atoms with Crippen molar-refractivity contribution >= 4 is 27.5 Å². The van der Waals surface area contributed by atoms with Crippen molar-refractivity contribution < 1.29 is 24.2 Å². The molecule has 0 spiro atoms. The molecule has 1 atom stereocenters. The van der Waals surface area contributed by atoms with Crippen LogP contribution in [0.4, 0.5) is 0 Å². The Morgan fingerprint density at radius 1 is 1.25 bits per heavy atom. The molecule has 0 aliphatic heterocycles. The number of carbonyl (C=O) groups is 1. The lowest BCUT2D eigenvalue weighted by atomic mass is 9.85. The number of ether oxygens (including phenoxy) is 1. The summed E-state index contributed by atoms with van der Waals surface area (Å²) in [6.45, 7) is 6.29. The van der Waals surface area contributed by atoms with Crippen molar-refractivity contribution in [1.29, 1.82) is 0 Å². The first-order valence-corrected chi connectivity index (χ1v) is 14.1. The van der Waals surface area contributed by atoms with Crippen molar-refractivity contribution in [2.75, 3.05) is 0 Å². The molecule has 40 heavy (non-hydrogen) atoms. The standard InChI is InChI=1S/C29H33N3O7S/c1-17-21-24(33)32(28(2,3)26(34)35)27(36)31(25(21)40-22(17)23-30-14-15-38-23)16-20(18-8-6-5-7-9-18)39-19-10-12-29(4,37)13-11-19/h5-9,14-15,19-20,37H,10-13,16H2,1-4H3,(H,34,35)/t19?,20-,29?/m1/s1. The van der Waals surface area contributed by atoms with Crippen LogP contribution in [0.3, 0.4) is 0 Å². The van der Waals surface area contributed by atoms with Gasteiger partial charge in [0.1, 0.15) is 22.7 Å². The molecule has 4 aromatic rings. The number of carboxylic acid groups (broad SMARTS) is 1. The molecule has 10 nitrogen and oxygen atoms in total. The van der Waals surface area contributed by atoms with Gasteiger partial charge in [0.05, 0.1) is 34.7 Å². The third kappa shape index (κ3) is 5.04. The van der Waals surface area contributed by atoms with E-state index in [2.05, 4.69) is 4.98 Å². The summed E-state index contributed by atoms with van der Waals surface area (Å²) in [5.74, 6) is -0.991. The molecule has 3 aromatic heterocycles. The Labute approximate surface area is 234 Å². The predicted molar refractivity (Wildman–Crippen MR) is 151 cm³/mol. The normalized spacial score (nSPS) is 20.6. The molecule has 0 bridgehead atoms. The maximum atomic E-state index is 14.0. The highest BCUT2D eigenvalue weighted by atomic mass is 32.1. The van der Waals surface area contributed by atoms with Crippen LogP contribution in [0, 0.1) is 6.92 Å². The lowest BCUT2D eigenvalue weighted by Crippen LogP contribution is -2.52. The van der Waals surface area contributed by atoms with E-state index in [4.69, 9.17) is 9.15 Å². The van der Waals surface area contributed by atoms with Crippen molar-refractivity contribution in [1.82, 2.24) is 14.1 Å². The molecular formula is C29H33N3O7S. The van der Waals surface area contributed by atoms with Crippen LogP contribution < -0.4 is 11.2 Å². The number of fused-ring (bicyclic) bond motifs is 1. The fourth-order valence-corrected chi connectivity index (χ4v) is 6.52. The van der Waals surface area contributed by atoms with Gasteiger partial charge in [0.2, 0.25) is 5.89 Å². The molecule has 0 amide bonds. The number of rotatable bonds is 8. The summed E-state index contributed by atoms with van der Waals surface area (Å²) in [6, 6.07) is 9.51. The largest absolute Gasteiger partial charge is 0.480 e. The zero-order valence-electron chi connectivity index (χ0n) is 22.9. The minimum absolute atomic E-state index is 0.0488. The number of benzene rings is 1. The van der Waals surface area contributed by atoms with E-state index >= 15 is 0 Å². The first-order valence-electron chi connectivity index (χ1n) is 13.3. The molecule has 2 N–H and O–H groups in total. The summed E-state index contributed by atoms with van der Waals surface area (Å²) in [5, 5.41) is 20.6. The Balaban J connectivity index is 1.69. The number of aryl methyl sites for hydroxylation is 1. The van der Waals surface area contributed by atoms with E-state index in [1.807, 2.05) is 37.3 Å². The maximum absolute atomic E-state index is 14.0. The number of thiophene rings is 1. The van der Waals surface area contributed by atoms with Crippen molar-refractivity contribution in [2.45, 2.75) is 83.3 Å². The van der Waals surface area contributed by atoms with Crippen LogP contribution in [0.2, 0.25) is 0 Å². The minimum atomic E-state index is -1.81. The fourth-order valence-electron chi connectivity index (χ4n) is 5.28. The number of nitrogens with zero attached hydrogens (tertiary/aromatic N) is 3. The lowest BCUT2D eigenvalue weighted by molar-refractivity contribution is -0.146. The molecule has 1 aliphatic carbocycles. The number of oxazole rings is 1. The van der Waals surface area contributed by atoms with Crippen molar-refractivity contribution in [3.63, 3.8) is 0 Å². The number of aromatic nitrogens is 3. The van der Waals surface area contributed by atoms with Crippen LogP contribution >= 0.6 is 11.3 Å². The predicted octanol–water partition coefficient (Wildman–Crippen LogP) is 4.46. The molecular weight excluding hydrogens is 534 g/mol. The summed E-state index contributed by atoms with van der Waals surface area (Å²) < 4.78 is 14.4. The van der Waals surface area contributed by atoms with Gasteiger partial charge in [0.15, 0.2) is 0 Å². The highest BCUT2D eigenvalue weighted by Gasteiger charge is 2.36. The lowest BCUT2D eigenvalue weighted by Gasteiger charge is -2.35. The molecule has 212 valence electrons. The number of aliphatic hydroxyl groups is 1. The molecule has 11 heteroatoms. The molecule has 1 aromatic carbocycles. The zero-order chi connectivity index (χ0) is 28.8. The molecule has 0 saturated heterocycles. The molecule has 0 radical (unpaired) electrons. The molecule has 5 rings (SSSR count). The summed E-state index contributed by atoms with van der Waals surface area (Å²) in [7, 11) is 0. The minimum Gasteiger partial charge on any atom is -0.480 e. The topological polar surface area (TPSA) is 137 Å². The number of aliphatic carboxylic acids is 1. The second-order valence-corrected chi connectivity index (χ2v) is 12.2. The van der Waals surface area contributed by atoms with Crippen LogP contribution in [0.1, 0.15) is 63.7 Å². The van der Waals surface area contributed by atoms with E-state index in [-0.39, 0.29) is 18.0 Å². The van der Waals surface area contributed by atoms with Gasteiger partial charge >= 0.3 is 11.7 Å². The van der Waals surface area contributed by atoms with Crippen molar-refractivity contribution in [3.05, 3.63) is 74.8 Å². The van der Waals surface area contributed by atoms with E-state index in [1.54, 1.807) is 6.92 Å². The number of carboxylic acids is 1. The highest BCUT2D eigenvalue weighted by Crippen LogP contribution is 2.37. The molecule has 3 heterocycles. The monoisotopic (exact) mass is 567 g/mol. The first-order chi connectivity index (χ1) is 18.9. The van der Waals surface area contributed by atoms with Crippen LogP contribution in [-0.2, 0) is 21.6 Å². The van der Waals surface area contributed by atoms with Gasteiger partial charge in [-0.25, -0.2) is 19.1 Å². The van der Waals surface area contributed by atoms with Crippen LogP contribution in [0.5, 0.6) is 0 Å². The second kappa shape index (κ2) is 10.5. The Morgan fingerprint density at radius 3 is 2.52 bits per heavy atom. The van der Waals surface area contributed by atoms with E-state index in [1.165, 1.54) is 42.2 Å². The molecule has 1 fully saturated rings. The second-order valence-electron chi connectivity index (χ2n) is 11.2. The average molecular weight is 568 g/mol. The quantitative estimate of drug-likeness (QED) is 0.318. The Hall–Kier alpha value is -3.54. The Bertz CT molecular complexity index is 1640. The van der Waals surface area contributed by atoms with Gasteiger partial charge < -0.3 is 19.4 Å². The summed E-state index contributed by atoms with van der Waals surface area (Å²) in [6.07, 6.45) is 4.76. The fraction of sp³-hybridized carbons (Fsp3) is 0.448. The van der Waals surface area contributed by atoms with Gasteiger partial charge in [-0.15, -0.1) is 11.3 Å². The summed E-state index contributed by atoms with van der Waals surface area (Å²) >= 11 is 1.20. The maximum Gasteiger partial charge on any atom is 0.333 e. The van der Waals surface area contributed by atoms with Crippen LogP contribution in [-0.4, -0.2) is 42.0 Å². The van der Waals surface area contributed by atoms with E-state index in [0.29, 0.717) is 46.8 Å². The van der Waals surface area contributed by atoms with Gasteiger partial charge in [0, 0.05) is 0 Å². The van der Waals surface area contributed by atoms with Crippen molar-refractivity contribution in [3.8, 4) is 10.8 Å². The van der Waals surface area contributed by atoms with Gasteiger partial charge in [-0.05, 0) is 64.5 Å². The summed E-state index contributed by atoms with van der Waals surface area (Å²) in [4.78, 5) is 45.3. The van der Waals surface area contributed by atoms with E-state index < -0.39 is 34.5 Å². The van der Waals surface area contributed by atoms with Gasteiger partial charge in [-0.2, -0.15) is 0 Å². The van der Waals surface area contributed by atoms with Crippen molar-refractivity contribution in [2.24, 2.45) is 0 Å². The molecule has 1 aliphatic rings. The van der Waals surface area contributed by atoms with Gasteiger partial charge in [-0.3, -0.25) is 9.36 Å². The van der Waals surface area contributed by atoms with Crippen LogP contribution in [0.15, 0.2) is 56.8 Å². The first kappa shape index (κ1) is 28.0. The molecule has 0 unspecified atom stereocenters. The summed E-state index contributed by atoms with van der Waals surface area (Å²) in [5.41, 5.74) is -2.55.